The number of hydrogen-bond acceptors (Lipinski definition) is 6. The number of carbonyl (C=O) groups is 3. The molecule has 3 aromatic carbocycles. The number of carboxylic acid groups (broad SMARTS) is 3. The smallest absolute Gasteiger partial charge is 0.545 e. The summed E-state index contributed by atoms with van der Waals surface area (Å²) in [5.41, 5.74) is 5.15. The van der Waals surface area contributed by atoms with Gasteiger partial charge in [-0.05, 0) is 73.0 Å². The zero-order valence-electron chi connectivity index (χ0n) is 34.4. The fourth-order valence-electron chi connectivity index (χ4n) is 7.54. The van der Waals surface area contributed by atoms with Crippen LogP contribution < -0.4 is 15.3 Å². The van der Waals surface area contributed by atoms with Crippen molar-refractivity contribution in [2.45, 2.75) is 96.3 Å². The normalized spacial score (nSPS) is 16.9. The third-order valence-electron chi connectivity index (χ3n) is 10.6. The van der Waals surface area contributed by atoms with Crippen LogP contribution in [0.5, 0.6) is 0 Å². The van der Waals surface area contributed by atoms with Crippen molar-refractivity contribution in [2.24, 2.45) is 17.8 Å². The third kappa shape index (κ3) is 21.3. The fraction of sp³-hybridized carbons (Fsp3) is 0.353. The quantitative estimate of drug-likeness (QED) is 0.228. The zero-order valence-corrected chi connectivity index (χ0v) is 41.8. The van der Waals surface area contributed by atoms with Gasteiger partial charge in [-0.25, -0.2) is 34.9 Å². The average molecular weight is 1040 g/mol. The van der Waals surface area contributed by atoms with E-state index < -0.39 is 17.9 Å². The monoisotopic (exact) mass is 1030 g/mol. The second-order valence-corrected chi connectivity index (χ2v) is 14.6. The van der Waals surface area contributed by atoms with E-state index in [1.54, 1.807) is 54.6 Å². The second kappa shape index (κ2) is 32.8. The van der Waals surface area contributed by atoms with Crippen molar-refractivity contribution in [1.82, 2.24) is 0 Å². The van der Waals surface area contributed by atoms with E-state index in [1.807, 2.05) is 0 Å². The Morgan fingerprint density at radius 1 is 0.383 bits per heavy atom. The summed E-state index contributed by atoms with van der Waals surface area (Å²) in [6, 6.07) is 24.2. The van der Waals surface area contributed by atoms with E-state index >= 15 is 0 Å². The van der Waals surface area contributed by atoms with E-state index in [0.29, 0.717) is 0 Å². The first-order valence-electron chi connectivity index (χ1n) is 20.4. The molecule has 0 amide bonds. The van der Waals surface area contributed by atoms with E-state index in [0.717, 1.165) is 37.0 Å². The van der Waals surface area contributed by atoms with Crippen LogP contribution in [0.15, 0.2) is 144 Å². The minimum absolute atomic E-state index is 0. The Hall–Kier alpha value is -2.84. The van der Waals surface area contributed by atoms with Gasteiger partial charge in [-0.3, -0.25) is 18.2 Å². The van der Waals surface area contributed by atoms with Crippen LogP contribution in [0.4, 0.5) is 0 Å². The summed E-state index contributed by atoms with van der Waals surface area (Å²) < 4.78 is 0. The van der Waals surface area contributed by atoms with Crippen LogP contribution in [-0.4, -0.2) is 17.9 Å². The van der Waals surface area contributed by atoms with Crippen molar-refractivity contribution >= 4 is 17.9 Å². The van der Waals surface area contributed by atoms with Gasteiger partial charge in [-0.1, -0.05) is 130 Å². The summed E-state index contributed by atoms with van der Waals surface area (Å²) in [5, 5.41) is 30.3. The molecule has 60 heavy (non-hydrogen) atoms. The molecule has 0 aromatic heterocycles. The molecular formula is C51H54O6Zr3. The Kier molecular flexibility index (Phi) is 30.2. The van der Waals surface area contributed by atoms with E-state index in [4.69, 9.17) is 0 Å². The summed E-state index contributed by atoms with van der Waals surface area (Å²) in [5.74, 6) is -0.766. The molecule has 3 saturated carbocycles. The summed E-state index contributed by atoms with van der Waals surface area (Å²) in [6.45, 7) is 0. The fourth-order valence-corrected chi connectivity index (χ4v) is 7.54. The van der Waals surface area contributed by atoms with Crippen LogP contribution in [0, 0.1) is 36.0 Å². The Balaban J connectivity index is 0.000000357. The molecule has 0 saturated heterocycles. The van der Waals surface area contributed by atoms with Crippen molar-refractivity contribution in [3.05, 3.63) is 179 Å². The van der Waals surface area contributed by atoms with Crippen molar-refractivity contribution in [3.63, 3.8) is 0 Å². The first-order chi connectivity index (χ1) is 27.8. The van der Waals surface area contributed by atoms with Crippen molar-refractivity contribution in [3.8, 4) is 0 Å². The molecule has 6 aliphatic rings. The number of carbonyl (C=O) groups excluding carboxylic acids is 3. The van der Waals surface area contributed by atoms with Gasteiger partial charge >= 0.3 is 78.6 Å². The predicted octanol–water partition coefficient (Wildman–Crippen LogP) is 8.74. The van der Waals surface area contributed by atoms with Gasteiger partial charge in [0, 0.05) is 0 Å². The molecule has 3 aromatic rings. The van der Waals surface area contributed by atoms with E-state index in [1.165, 1.54) is 130 Å². The van der Waals surface area contributed by atoms with Gasteiger partial charge in [0.15, 0.2) is 0 Å². The number of benzene rings is 3. The minimum Gasteiger partial charge on any atom is -0.545 e. The third-order valence-corrected chi connectivity index (χ3v) is 10.6. The number of aromatic carboxylic acids is 3. The molecular weight excluding hydrogens is 982 g/mol. The van der Waals surface area contributed by atoms with Crippen molar-refractivity contribution < 1.29 is 108 Å². The Morgan fingerprint density at radius 3 is 0.750 bits per heavy atom. The van der Waals surface area contributed by atoms with Crippen molar-refractivity contribution in [1.29, 1.82) is 0 Å². The molecule has 6 aliphatic carbocycles. The molecule has 9 rings (SSSR count). The summed E-state index contributed by atoms with van der Waals surface area (Å²) in [6.07, 6.45) is 43.9. The van der Waals surface area contributed by atoms with Crippen LogP contribution in [0.2, 0.25) is 0 Å². The Labute approximate surface area is 415 Å². The molecule has 0 unspecified atom stereocenters. The molecule has 0 radical (unpaired) electrons. The van der Waals surface area contributed by atoms with E-state index in [-0.39, 0.29) is 95.3 Å². The van der Waals surface area contributed by atoms with Gasteiger partial charge in [0.1, 0.15) is 0 Å². The van der Waals surface area contributed by atoms with Gasteiger partial charge in [0.25, 0.3) is 0 Å². The molecule has 9 heteroatoms. The molecule has 3 fully saturated rings. The molecule has 0 aliphatic heterocycles. The molecule has 0 N–H and O–H groups in total. The summed E-state index contributed by atoms with van der Waals surface area (Å²) in [4.78, 5) is 30.3. The average Bonchev–Trinajstić information content (AvgIpc) is 4.09. The molecule has 0 spiro atoms. The maximum atomic E-state index is 10.1. The van der Waals surface area contributed by atoms with Gasteiger partial charge < -0.3 is 29.7 Å². The first-order valence-corrected chi connectivity index (χ1v) is 20.4. The summed E-state index contributed by atoms with van der Waals surface area (Å²) in [7, 11) is 0. The predicted molar refractivity (Wildman–Crippen MR) is 220 cm³/mol. The number of hydrogen-bond donors (Lipinski definition) is 0. The first kappa shape index (κ1) is 55.2. The SMILES string of the molecule is O=C([O-])c1ccccc1.O=C([O-])c1ccccc1.O=C([O-])c1ccccc1.[C-]1=C(C2CCCC2)C=CC1.[C-]1=C(C2CCCC2)C=CC1.[C-]1=C(C2CCCC2)C=CC1.[Zr+2].[Zr+2].[Zr+2]. The van der Waals surface area contributed by atoms with E-state index in [9.17, 15) is 29.7 Å². The summed E-state index contributed by atoms with van der Waals surface area (Å²) >= 11 is 0. The Bertz CT molecular complexity index is 1630. The maximum absolute atomic E-state index is 10.1. The van der Waals surface area contributed by atoms with Crippen LogP contribution >= 0.6 is 0 Å². The largest absolute Gasteiger partial charge is 2.00 e. The van der Waals surface area contributed by atoms with E-state index in [2.05, 4.69) is 54.7 Å². The second-order valence-electron chi connectivity index (χ2n) is 14.6. The molecule has 0 heterocycles. The van der Waals surface area contributed by atoms with Crippen LogP contribution in [0.1, 0.15) is 127 Å². The molecule has 306 valence electrons. The van der Waals surface area contributed by atoms with Gasteiger partial charge in [0.2, 0.25) is 0 Å². The Morgan fingerprint density at radius 2 is 0.600 bits per heavy atom. The van der Waals surface area contributed by atoms with Crippen LogP contribution in [0.3, 0.4) is 0 Å². The maximum Gasteiger partial charge on any atom is 2.00 e. The topological polar surface area (TPSA) is 120 Å². The van der Waals surface area contributed by atoms with Gasteiger partial charge in [-0.2, -0.15) is 18.2 Å². The molecule has 0 bridgehead atoms. The standard InChI is InChI=1S/3C10H13.3C7H6O2.3Zr/c3*1-2-6-9(5-1)10-7-3-4-8-10;3*8-7(9)6-4-2-1-3-5-6;;;/h3*1,5,10H,2-4,7-8H2;3*1-5H,(H,8,9);;;/q3*-1;;;;3*+2/p-3. The minimum atomic E-state index is -1.13. The number of carboxylic acids is 3. The number of rotatable bonds is 6. The van der Waals surface area contributed by atoms with Crippen molar-refractivity contribution in [2.75, 3.05) is 0 Å². The molecule has 6 nitrogen and oxygen atoms in total. The van der Waals surface area contributed by atoms with Gasteiger partial charge in [0.05, 0.1) is 17.9 Å². The number of allylic oxidation sites excluding steroid dienone is 12. The molecule has 0 atom stereocenters. The van der Waals surface area contributed by atoms with Crippen LogP contribution in [-0.2, 0) is 78.6 Å². The van der Waals surface area contributed by atoms with Crippen LogP contribution in [0.25, 0.3) is 0 Å². The van der Waals surface area contributed by atoms with Gasteiger partial charge in [-0.15, -0.1) is 19.3 Å². The zero-order chi connectivity index (χ0) is 40.5.